The highest BCUT2D eigenvalue weighted by Crippen LogP contribution is 2.52. The summed E-state index contributed by atoms with van der Waals surface area (Å²) >= 11 is 1.90. The summed E-state index contributed by atoms with van der Waals surface area (Å²) in [5, 5.41) is 0. The van der Waals surface area contributed by atoms with E-state index >= 15 is 0 Å². The smallest absolute Gasteiger partial charge is 0.0464 e. The lowest BCUT2D eigenvalue weighted by atomic mass is 9.82. The van der Waals surface area contributed by atoms with Crippen molar-refractivity contribution < 1.29 is 0 Å². The van der Waals surface area contributed by atoms with Crippen molar-refractivity contribution in [2.75, 3.05) is 9.80 Å². The highest BCUT2D eigenvalue weighted by Gasteiger charge is 2.25. The molecule has 0 atom stereocenters. The molecule has 0 spiro atoms. The number of rotatable bonds is 12. The summed E-state index contributed by atoms with van der Waals surface area (Å²) < 4.78 is 0. The van der Waals surface area contributed by atoms with E-state index in [2.05, 4.69) is 240 Å². The Labute approximate surface area is 356 Å². The lowest BCUT2D eigenvalue weighted by Gasteiger charge is -2.31. The molecule has 0 N–H and O–H groups in total. The molecule has 7 aromatic carbocycles. The van der Waals surface area contributed by atoms with Crippen molar-refractivity contribution in [1.82, 2.24) is 0 Å². The molecule has 0 aliphatic rings. The predicted molar refractivity (Wildman–Crippen MR) is 257 cm³/mol. The minimum Gasteiger partial charge on any atom is -0.339 e. The van der Waals surface area contributed by atoms with Gasteiger partial charge in [-0.1, -0.05) is 142 Å². The second-order valence-corrected chi connectivity index (χ2v) is 17.6. The molecular weight excluding hydrogens is 733 g/mol. The highest BCUT2D eigenvalue weighted by atomic mass is 32.1. The van der Waals surface area contributed by atoms with Crippen LogP contribution >= 0.6 is 11.3 Å². The van der Waals surface area contributed by atoms with Crippen molar-refractivity contribution in [2.45, 2.75) is 66.3 Å². The fraction of sp³-hybridized carbons (Fsp3) is 0.179. The van der Waals surface area contributed by atoms with Gasteiger partial charge in [0.2, 0.25) is 0 Å². The Balaban J connectivity index is 1.24. The number of anilines is 5. The fourth-order valence-electron chi connectivity index (χ4n) is 8.14. The molecule has 0 aliphatic heterocycles. The normalized spacial score (nSPS) is 11.5. The van der Waals surface area contributed by atoms with Gasteiger partial charge in [0, 0.05) is 55.4 Å². The van der Waals surface area contributed by atoms with E-state index in [-0.39, 0.29) is 5.41 Å². The first-order chi connectivity index (χ1) is 28.6. The lowest BCUT2D eigenvalue weighted by molar-refractivity contribution is 0.506. The average Bonchev–Trinajstić information content (AvgIpc) is 3.66. The maximum Gasteiger partial charge on any atom is 0.0464 e. The molecule has 0 amide bonds. The Morgan fingerprint density at radius 1 is 0.458 bits per heavy atom. The van der Waals surface area contributed by atoms with Gasteiger partial charge in [-0.05, 0) is 139 Å². The Morgan fingerprint density at radius 2 is 0.898 bits per heavy atom. The largest absolute Gasteiger partial charge is 0.339 e. The van der Waals surface area contributed by atoms with Crippen molar-refractivity contribution in [3.63, 3.8) is 0 Å². The second kappa shape index (κ2) is 17.0. The lowest BCUT2D eigenvalue weighted by Crippen LogP contribution is -2.25. The van der Waals surface area contributed by atoms with Gasteiger partial charge in [-0.2, -0.15) is 0 Å². The monoisotopic (exact) mass is 786 g/mol. The van der Waals surface area contributed by atoms with Gasteiger partial charge in [-0.25, -0.2) is 0 Å². The van der Waals surface area contributed by atoms with E-state index in [1.54, 1.807) is 0 Å². The third-order valence-electron chi connectivity index (χ3n) is 11.7. The van der Waals surface area contributed by atoms with E-state index in [0.717, 1.165) is 23.5 Å². The van der Waals surface area contributed by atoms with Gasteiger partial charge in [0.25, 0.3) is 0 Å². The van der Waals surface area contributed by atoms with Gasteiger partial charge in [0.15, 0.2) is 0 Å². The molecule has 8 rings (SSSR count). The van der Waals surface area contributed by atoms with E-state index < -0.39 is 0 Å². The van der Waals surface area contributed by atoms with Crippen LogP contribution in [0.3, 0.4) is 0 Å². The quantitative estimate of drug-likeness (QED) is 0.122. The highest BCUT2D eigenvalue weighted by molar-refractivity contribution is 7.20. The molecule has 0 bridgehead atoms. The molecule has 0 saturated carbocycles. The molecular formula is C56H54N2S. The van der Waals surface area contributed by atoms with Crippen LogP contribution in [0.2, 0.25) is 0 Å². The van der Waals surface area contributed by atoms with Gasteiger partial charge >= 0.3 is 0 Å². The SMILES string of the molecule is CCC(C)(C)c1ccc(-c2sc(-c3ccc(N(c4ccc(N(c5cccc(C)c5)C(C)C)cc4)c4cccc(C)c4)cc3)c(-c3ccccc3)c2-c2ccccc2)cc1. The summed E-state index contributed by atoms with van der Waals surface area (Å²) in [5.41, 5.74) is 17.2. The summed E-state index contributed by atoms with van der Waals surface area (Å²) in [6.07, 6.45) is 1.09. The minimum atomic E-state index is 0.127. The zero-order valence-electron chi connectivity index (χ0n) is 35.4. The molecule has 8 aromatic rings. The zero-order chi connectivity index (χ0) is 41.1. The summed E-state index contributed by atoms with van der Waals surface area (Å²) in [4.78, 5) is 7.34. The molecule has 1 heterocycles. The average molecular weight is 787 g/mol. The number of aryl methyl sites for hydroxylation is 2. The van der Waals surface area contributed by atoms with Crippen molar-refractivity contribution in [3.05, 3.63) is 199 Å². The van der Waals surface area contributed by atoms with Crippen LogP contribution in [0.5, 0.6) is 0 Å². The first-order valence-corrected chi connectivity index (χ1v) is 21.7. The number of hydrogen-bond donors (Lipinski definition) is 0. The second-order valence-electron chi connectivity index (χ2n) is 16.6. The fourth-order valence-corrected chi connectivity index (χ4v) is 9.49. The summed E-state index contributed by atoms with van der Waals surface area (Å²) in [5.74, 6) is 0. The first kappa shape index (κ1) is 39.7. The van der Waals surface area contributed by atoms with Gasteiger partial charge < -0.3 is 9.80 Å². The van der Waals surface area contributed by atoms with E-state index in [1.165, 1.54) is 71.2 Å². The van der Waals surface area contributed by atoms with Crippen LogP contribution in [0.15, 0.2) is 182 Å². The van der Waals surface area contributed by atoms with Crippen molar-refractivity contribution in [2.24, 2.45) is 0 Å². The third kappa shape index (κ3) is 8.26. The van der Waals surface area contributed by atoms with Crippen LogP contribution in [0.25, 0.3) is 43.1 Å². The number of nitrogens with zero attached hydrogens (tertiary/aromatic N) is 2. The van der Waals surface area contributed by atoms with Crippen LogP contribution in [-0.2, 0) is 5.41 Å². The Morgan fingerprint density at radius 3 is 1.37 bits per heavy atom. The van der Waals surface area contributed by atoms with Crippen molar-refractivity contribution >= 4 is 39.8 Å². The molecule has 0 fully saturated rings. The molecule has 3 heteroatoms. The number of benzene rings is 7. The van der Waals surface area contributed by atoms with Crippen LogP contribution in [0, 0.1) is 13.8 Å². The van der Waals surface area contributed by atoms with E-state index in [1.807, 2.05) is 11.3 Å². The maximum atomic E-state index is 2.41. The summed E-state index contributed by atoms with van der Waals surface area (Å²) in [6, 6.07) is 67.3. The molecule has 0 unspecified atom stereocenters. The van der Waals surface area contributed by atoms with Crippen molar-refractivity contribution in [1.29, 1.82) is 0 Å². The topological polar surface area (TPSA) is 6.48 Å². The van der Waals surface area contributed by atoms with E-state index in [4.69, 9.17) is 0 Å². The van der Waals surface area contributed by atoms with Crippen LogP contribution in [0.4, 0.5) is 28.4 Å². The van der Waals surface area contributed by atoms with E-state index in [0.29, 0.717) is 6.04 Å². The van der Waals surface area contributed by atoms with Gasteiger partial charge in [-0.3, -0.25) is 0 Å². The summed E-state index contributed by atoms with van der Waals surface area (Å²) in [7, 11) is 0. The first-order valence-electron chi connectivity index (χ1n) is 20.9. The summed E-state index contributed by atoms with van der Waals surface area (Å²) in [6.45, 7) is 15.8. The molecule has 0 aliphatic carbocycles. The third-order valence-corrected chi connectivity index (χ3v) is 13.0. The molecule has 1 aromatic heterocycles. The van der Waals surface area contributed by atoms with Crippen LogP contribution in [-0.4, -0.2) is 6.04 Å². The Kier molecular flexibility index (Phi) is 11.4. The molecule has 0 radical (unpaired) electrons. The molecule has 294 valence electrons. The predicted octanol–water partition coefficient (Wildman–Crippen LogP) is 16.7. The Hall–Kier alpha value is -6.16. The van der Waals surface area contributed by atoms with Crippen LogP contribution < -0.4 is 9.80 Å². The maximum absolute atomic E-state index is 2.41. The van der Waals surface area contributed by atoms with Gasteiger partial charge in [0.05, 0.1) is 0 Å². The number of thiophene rings is 1. The van der Waals surface area contributed by atoms with Crippen molar-refractivity contribution in [3.8, 4) is 43.1 Å². The van der Waals surface area contributed by atoms with Gasteiger partial charge in [0.1, 0.15) is 0 Å². The number of hydrogen-bond acceptors (Lipinski definition) is 3. The Bertz CT molecular complexity index is 2640. The van der Waals surface area contributed by atoms with E-state index in [9.17, 15) is 0 Å². The minimum absolute atomic E-state index is 0.127. The standard InChI is InChI=1S/C56H54N2S/c1-8-56(6,7)46-29-25-44(26-30-46)54-52(42-19-11-9-12-20-42)53(43-21-13-10-14-22-43)55(59-54)45-27-31-48(32-28-45)58(51-24-16-18-41(5)38-51)49-35-33-47(34-36-49)57(39(2)3)50-23-15-17-40(4)37-50/h9-39H,8H2,1-7H3. The van der Waals surface area contributed by atoms with Crippen LogP contribution in [0.1, 0.15) is 57.7 Å². The molecule has 2 nitrogen and oxygen atoms in total. The van der Waals surface area contributed by atoms with Gasteiger partial charge in [-0.15, -0.1) is 11.3 Å². The molecule has 0 saturated heterocycles. The zero-order valence-corrected chi connectivity index (χ0v) is 36.2. The molecule has 59 heavy (non-hydrogen) atoms.